The highest BCUT2D eigenvalue weighted by Crippen LogP contribution is 2.41. The standard InChI is InChI=1S/C16H18N6O2/c23-14(12-2-5-20-21-6-12)19-9-16-10-22(7-13(16)8-24-11-16)15-17-3-1-4-18-15/h1-6,13H,7-11H2,(H,19,23)/t13-,16+/m0/s1. The lowest BCUT2D eigenvalue weighted by atomic mass is 9.81. The number of anilines is 1. The number of amides is 1. The van der Waals surface area contributed by atoms with Crippen LogP contribution in [0.5, 0.6) is 0 Å². The zero-order valence-electron chi connectivity index (χ0n) is 13.1. The van der Waals surface area contributed by atoms with Gasteiger partial charge in [-0.2, -0.15) is 10.2 Å². The van der Waals surface area contributed by atoms with E-state index in [1.807, 2.05) is 6.07 Å². The van der Waals surface area contributed by atoms with Gasteiger partial charge in [0.1, 0.15) is 0 Å². The summed E-state index contributed by atoms with van der Waals surface area (Å²) in [5, 5.41) is 10.5. The summed E-state index contributed by atoms with van der Waals surface area (Å²) in [6.45, 7) is 3.52. The molecule has 0 radical (unpaired) electrons. The van der Waals surface area contributed by atoms with E-state index in [9.17, 15) is 4.79 Å². The molecule has 0 bridgehead atoms. The molecule has 1 N–H and O–H groups in total. The summed E-state index contributed by atoms with van der Waals surface area (Å²) in [6, 6.07) is 3.46. The predicted molar refractivity (Wildman–Crippen MR) is 85.4 cm³/mol. The van der Waals surface area contributed by atoms with Crippen LogP contribution < -0.4 is 10.2 Å². The molecule has 2 aliphatic rings. The van der Waals surface area contributed by atoms with Gasteiger partial charge in [0, 0.05) is 43.4 Å². The highest BCUT2D eigenvalue weighted by Gasteiger charge is 2.51. The molecule has 0 aromatic carbocycles. The maximum absolute atomic E-state index is 12.3. The quantitative estimate of drug-likeness (QED) is 0.855. The first kappa shape index (κ1) is 14.9. The lowest BCUT2D eigenvalue weighted by Gasteiger charge is -2.27. The van der Waals surface area contributed by atoms with Crippen molar-refractivity contribution in [3.05, 3.63) is 42.5 Å². The molecule has 2 saturated heterocycles. The third-order valence-corrected chi connectivity index (χ3v) is 4.80. The van der Waals surface area contributed by atoms with Gasteiger partial charge in [-0.15, -0.1) is 0 Å². The number of hydrogen-bond acceptors (Lipinski definition) is 7. The number of nitrogens with one attached hydrogen (secondary N) is 1. The van der Waals surface area contributed by atoms with E-state index in [1.165, 1.54) is 12.4 Å². The number of hydrogen-bond donors (Lipinski definition) is 1. The van der Waals surface area contributed by atoms with Gasteiger partial charge in [0.05, 0.1) is 31.2 Å². The molecule has 8 heteroatoms. The molecule has 2 aromatic rings. The second kappa shape index (κ2) is 6.12. The third-order valence-electron chi connectivity index (χ3n) is 4.80. The number of aromatic nitrogens is 4. The minimum absolute atomic E-state index is 0.102. The molecule has 1 amide bonds. The third kappa shape index (κ3) is 2.69. The van der Waals surface area contributed by atoms with Gasteiger partial charge in [-0.1, -0.05) is 0 Å². The predicted octanol–water partition coefficient (Wildman–Crippen LogP) is 0.149. The Morgan fingerprint density at radius 2 is 2.21 bits per heavy atom. The Morgan fingerprint density at radius 1 is 1.33 bits per heavy atom. The summed E-state index contributed by atoms with van der Waals surface area (Å²) < 4.78 is 5.70. The topological polar surface area (TPSA) is 93.1 Å². The molecule has 124 valence electrons. The van der Waals surface area contributed by atoms with Gasteiger partial charge in [-0.05, 0) is 12.1 Å². The van der Waals surface area contributed by atoms with E-state index in [0.29, 0.717) is 31.2 Å². The number of ether oxygens (including phenoxy) is 1. The minimum atomic E-state index is -0.140. The summed E-state index contributed by atoms with van der Waals surface area (Å²) >= 11 is 0. The van der Waals surface area contributed by atoms with E-state index in [1.54, 1.807) is 18.5 Å². The maximum Gasteiger partial charge on any atom is 0.252 e. The zero-order valence-corrected chi connectivity index (χ0v) is 13.1. The first-order valence-corrected chi connectivity index (χ1v) is 7.91. The first-order valence-electron chi connectivity index (χ1n) is 7.91. The van der Waals surface area contributed by atoms with Crippen molar-refractivity contribution in [3.63, 3.8) is 0 Å². The summed E-state index contributed by atoms with van der Waals surface area (Å²) in [5.41, 5.74) is 0.410. The van der Waals surface area contributed by atoms with Crippen LogP contribution in [0.3, 0.4) is 0 Å². The number of rotatable bonds is 4. The molecule has 24 heavy (non-hydrogen) atoms. The minimum Gasteiger partial charge on any atom is -0.380 e. The Morgan fingerprint density at radius 3 is 3.00 bits per heavy atom. The monoisotopic (exact) mass is 326 g/mol. The smallest absolute Gasteiger partial charge is 0.252 e. The van der Waals surface area contributed by atoms with Crippen molar-refractivity contribution in [2.75, 3.05) is 37.7 Å². The maximum atomic E-state index is 12.3. The van der Waals surface area contributed by atoms with Crippen LogP contribution in [0, 0.1) is 11.3 Å². The van der Waals surface area contributed by atoms with Gasteiger partial charge in [-0.25, -0.2) is 9.97 Å². The molecular weight excluding hydrogens is 308 g/mol. The summed E-state index contributed by atoms with van der Waals surface area (Å²) in [5.74, 6) is 0.951. The van der Waals surface area contributed by atoms with Gasteiger partial charge in [0.25, 0.3) is 5.91 Å². The second-order valence-electron chi connectivity index (χ2n) is 6.32. The van der Waals surface area contributed by atoms with Crippen molar-refractivity contribution in [2.24, 2.45) is 11.3 Å². The molecule has 2 aliphatic heterocycles. The fraction of sp³-hybridized carbons (Fsp3) is 0.438. The van der Waals surface area contributed by atoms with Crippen molar-refractivity contribution >= 4 is 11.9 Å². The Bertz CT molecular complexity index is 713. The van der Waals surface area contributed by atoms with E-state index in [2.05, 4.69) is 30.4 Å². The fourth-order valence-corrected chi connectivity index (χ4v) is 3.47. The summed E-state index contributed by atoms with van der Waals surface area (Å²) in [6.07, 6.45) is 6.47. The zero-order chi connectivity index (χ0) is 16.4. The van der Waals surface area contributed by atoms with E-state index in [0.717, 1.165) is 19.0 Å². The molecule has 0 saturated carbocycles. The van der Waals surface area contributed by atoms with Crippen molar-refractivity contribution in [1.29, 1.82) is 0 Å². The average molecular weight is 326 g/mol. The van der Waals surface area contributed by atoms with Crippen molar-refractivity contribution in [2.45, 2.75) is 0 Å². The molecule has 0 aliphatic carbocycles. The van der Waals surface area contributed by atoms with Gasteiger partial charge in [0.15, 0.2) is 0 Å². The van der Waals surface area contributed by atoms with E-state index in [-0.39, 0.29) is 11.3 Å². The van der Waals surface area contributed by atoms with Crippen LogP contribution in [0.25, 0.3) is 0 Å². The van der Waals surface area contributed by atoms with Crippen LogP contribution in [0.15, 0.2) is 36.9 Å². The summed E-state index contributed by atoms with van der Waals surface area (Å²) in [4.78, 5) is 23.1. The number of carbonyl (C=O) groups is 1. The van der Waals surface area contributed by atoms with Crippen LogP contribution in [0.4, 0.5) is 5.95 Å². The van der Waals surface area contributed by atoms with Gasteiger partial charge in [0.2, 0.25) is 5.95 Å². The molecule has 2 fully saturated rings. The molecule has 4 rings (SSSR count). The van der Waals surface area contributed by atoms with E-state index >= 15 is 0 Å². The normalized spacial score (nSPS) is 25.5. The first-order chi connectivity index (χ1) is 11.8. The Kier molecular flexibility index (Phi) is 3.81. The van der Waals surface area contributed by atoms with Gasteiger partial charge in [-0.3, -0.25) is 4.79 Å². The lowest BCUT2D eigenvalue weighted by molar-refractivity contribution is 0.0919. The molecule has 4 heterocycles. The number of nitrogens with zero attached hydrogens (tertiary/aromatic N) is 5. The van der Waals surface area contributed by atoms with Gasteiger partial charge >= 0.3 is 0 Å². The Hall–Kier alpha value is -2.61. The molecule has 2 aromatic heterocycles. The lowest BCUT2D eigenvalue weighted by Crippen LogP contribution is -2.43. The van der Waals surface area contributed by atoms with Crippen molar-refractivity contribution in [3.8, 4) is 0 Å². The number of carbonyl (C=O) groups excluding carboxylic acids is 1. The molecule has 8 nitrogen and oxygen atoms in total. The van der Waals surface area contributed by atoms with E-state index < -0.39 is 0 Å². The van der Waals surface area contributed by atoms with Crippen LogP contribution in [-0.2, 0) is 4.74 Å². The highest BCUT2D eigenvalue weighted by atomic mass is 16.5. The molecular formula is C16H18N6O2. The average Bonchev–Trinajstić information content (AvgIpc) is 3.18. The fourth-order valence-electron chi connectivity index (χ4n) is 3.47. The SMILES string of the molecule is O=C(NC[C@@]12COC[C@@H]1CN(c1ncccn1)C2)c1ccnnc1. The van der Waals surface area contributed by atoms with E-state index in [4.69, 9.17) is 4.74 Å². The second-order valence-corrected chi connectivity index (χ2v) is 6.32. The van der Waals surface area contributed by atoms with Crippen LogP contribution in [0.2, 0.25) is 0 Å². The Labute approximate surface area is 139 Å². The van der Waals surface area contributed by atoms with Gasteiger partial charge < -0.3 is 15.0 Å². The molecule has 0 spiro atoms. The highest BCUT2D eigenvalue weighted by molar-refractivity contribution is 5.93. The van der Waals surface area contributed by atoms with Crippen LogP contribution >= 0.6 is 0 Å². The van der Waals surface area contributed by atoms with Crippen molar-refractivity contribution < 1.29 is 9.53 Å². The largest absolute Gasteiger partial charge is 0.380 e. The number of fused-ring (bicyclic) bond motifs is 1. The summed E-state index contributed by atoms with van der Waals surface area (Å²) in [7, 11) is 0. The Balaban J connectivity index is 1.46. The molecule has 2 atom stereocenters. The molecule has 0 unspecified atom stereocenters. The van der Waals surface area contributed by atoms with Crippen molar-refractivity contribution in [1.82, 2.24) is 25.5 Å². The van der Waals surface area contributed by atoms with Crippen LogP contribution in [0.1, 0.15) is 10.4 Å². The van der Waals surface area contributed by atoms with Crippen LogP contribution in [-0.4, -0.2) is 58.9 Å².